The Morgan fingerprint density at radius 2 is 2.21 bits per heavy atom. The van der Waals surface area contributed by atoms with Crippen molar-refractivity contribution in [1.82, 2.24) is 0 Å². The van der Waals surface area contributed by atoms with Gasteiger partial charge in [0.05, 0.1) is 7.11 Å². The Hall–Kier alpha value is -1.58. The van der Waals surface area contributed by atoms with Crippen LogP contribution in [0.5, 0.6) is 0 Å². The first-order valence-electron chi connectivity index (χ1n) is 6.74. The number of esters is 1. The highest BCUT2D eigenvalue weighted by Crippen LogP contribution is 2.64. The standard InChI is InChI=1S/C15H18O4/c1-8-12(15(8,13(16)17)14(18)19-2)11-6-9-3-4-10(5-9)7-11/h6-9,12H,3-5H2,1-2H3,(H,16,17). The summed E-state index contributed by atoms with van der Waals surface area (Å²) in [4.78, 5) is 23.5. The summed E-state index contributed by atoms with van der Waals surface area (Å²) < 4.78 is 4.73. The van der Waals surface area contributed by atoms with Crippen LogP contribution in [-0.2, 0) is 14.3 Å². The van der Waals surface area contributed by atoms with Gasteiger partial charge in [0, 0.05) is 5.92 Å². The Morgan fingerprint density at radius 1 is 1.47 bits per heavy atom. The van der Waals surface area contributed by atoms with Crippen molar-refractivity contribution < 1.29 is 19.4 Å². The second kappa shape index (κ2) is 3.95. The average molecular weight is 262 g/mol. The van der Waals surface area contributed by atoms with Crippen LogP contribution >= 0.6 is 0 Å². The summed E-state index contributed by atoms with van der Waals surface area (Å²) in [5.41, 5.74) is 1.06. The Kier molecular flexibility index (Phi) is 2.59. The molecule has 4 heteroatoms. The maximum Gasteiger partial charge on any atom is 0.324 e. The third-order valence-electron chi connectivity index (χ3n) is 5.00. The van der Waals surface area contributed by atoms with E-state index in [0.717, 1.165) is 24.8 Å². The van der Waals surface area contributed by atoms with Crippen LogP contribution in [0.25, 0.3) is 0 Å². The number of allylic oxidation sites excluding steroid dienone is 4. The predicted octanol–water partition coefficient (Wildman–Crippen LogP) is 2.16. The molecule has 0 radical (unpaired) electrons. The van der Waals surface area contributed by atoms with E-state index in [2.05, 4.69) is 12.2 Å². The number of hydrogen-bond acceptors (Lipinski definition) is 3. The van der Waals surface area contributed by atoms with Gasteiger partial charge in [0.2, 0.25) is 0 Å². The highest BCUT2D eigenvalue weighted by Gasteiger charge is 2.74. The van der Waals surface area contributed by atoms with Gasteiger partial charge in [0.15, 0.2) is 5.41 Å². The zero-order valence-corrected chi connectivity index (χ0v) is 11.2. The molecule has 3 aliphatic rings. The van der Waals surface area contributed by atoms with Crippen molar-refractivity contribution >= 4 is 11.9 Å². The zero-order chi connectivity index (χ0) is 13.8. The number of carboxylic acid groups (broad SMARTS) is 1. The van der Waals surface area contributed by atoms with Crippen LogP contribution < -0.4 is 0 Å². The van der Waals surface area contributed by atoms with Gasteiger partial charge in [-0.25, -0.2) is 0 Å². The van der Waals surface area contributed by atoms with Crippen LogP contribution in [0.4, 0.5) is 0 Å². The van der Waals surface area contributed by atoms with Gasteiger partial charge in [-0.1, -0.05) is 24.6 Å². The Bertz CT molecular complexity index is 516. The third kappa shape index (κ3) is 1.52. The molecule has 2 saturated carbocycles. The van der Waals surface area contributed by atoms with E-state index in [9.17, 15) is 14.7 Å². The van der Waals surface area contributed by atoms with Gasteiger partial charge in [-0.3, -0.25) is 9.59 Å². The topological polar surface area (TPSA) is 63.6 Å². The number of carbonyl (C=O) groups is 2. The van der Waals surface area contributed by atoms with Crippen LogP contribution in [0.2, 0.25) is 0 Å². The molecule has 4 nitrogen and oxygen atoms in total. The minimum absolute atomic E-state index is 0.196. The third-order valence-corrected chi connectivity index (χ3v) is 5.00. The predicted molar refractivity (Wildman–Crippen MR) is 68.2 cm³/mol. The Balaban J connectivity index is 1.95. The lowest BCUT2D eigenvalue weighted by Gasteiger charge is -2.14. The monoisotopic (exact) mass is 262 g/mol. The van der Waals surface area contributed by atoms with E-state index in [1.807, 2.05) is 6.92 Å². The quantitative estimate of drug-likeness (QED) is 0.625. The summed E-state index contributed by atoms with van der Waals surface area (Å²) in [5.74, 6) is -1.57. The normalized spacial score (nSPS) is 39.4. The molecule has 0 aliphatic heterocycles. The van der Waals surface area contributed by atoms with E-state index in [1.165, 1.54) is 12.7 Å². The molecule has 0 heterocycles. The molecule has 4 unspecified atom stereocenters. The fourth-order valence-electron chi connectivity index (χ4n) is 3.94. The second-order valence-electron chi connectivity index (χ2n) is 5.90. The van der Waals surface area contributed by atoms with Gasteiger partial charge in [-0.15, -0.1) is 0 Å². The van der Waals surface area contributed by atoms with Crippen molar-refractivity contribution in [2.45, 2.75) is 26.2 Å². The van der Waals surface area contributed by atoms with Crippen molar-refractivity contribution in [1.29, 1.82) is 0 Å². The second-order valence-corrected chi connectivity index (χ2v) is 5.90. The summed E-state index contributed by atoms with van der Waals surface area (Å²) in [6, 6.07) is 0. The van der Waals surface area contributed by atoms with E-state index in [4.69, 9.17) is 4.74 Å². The van der Waals surface area contributed by atoms with Crippen molar-refractivity contribution in [2.75, 3.05) is 7.11 Å². The fraction of sp³-hybridized carbons (Fsp3) is 0.600. The van der Waals surface area contributed by atoms with Gasteiger partial charge in [0.1, 0.15) is 0 Å². The molecule has 4 atom stereocenters. The molecule has 19 heavy (non-hydrogen) atoms. The smallest absolute Gasteiger partial charge is 0.324 e. The Morgan fingerprint density at radius 3 is 2.79 bits per heavy atom. The van der Waals surface area contributed by atoms with Crippen LogP contribution in [0.3, 0.4) is 0 Å². The van der Waals surface area contributed by atoms with E-state index in [1.54, 1.807) is 0 Å². The van der Waals surface area contributed by atoms with Crippen LogP contribution in [-0.4, -0.2) is 24.2 Å². The minimum atomic E-state index is -1.37. The highest BCUT2D eigenvalue weighted by atomic mass is 16.5. The first kappa shape index (κ1) is 12.5. The summed E-state index contributed by atoms with van der Waals surface area (Å²) in [7, 11) is 1.26. The number of methoxy groups -OCH3 is 1. The highest BCUT2D eigenvalue weighted by molar-refractivity contribution is 6.04. The first-order chi connectivity index (χ1) is 9.01. The lowest BCUT2D eigenvalue weighted by Crippen LogP contribution is -2.30. The van der Waals surface area contributed by atoms with Gasteiger partial charge < -0.3 is 9.84 Å². The lowest BCUT2D eigenvalue weighted by atomic mass is 9.91. The molecular formula is C15H18O4. The molecular weight excluding hydrogens is 244 g/mol. The number of aliphatic carboxylic acids is 1. The first-order valence-corrected chi connectivity index (χ1v) is 6.74. The van der Waals surface area contributed by atoms with Gasteiger partial charge in [0.25, 0.3) is 0 Å². The van der Waals surface area contributed by atoms with E-state index >= 15 is 0 Å². The van der Waals surface area contributed by atoms with Crippen LogP contribution in [0.15, 0.2) is 23.3 Å². The maximum absolute atomic E-state index is 11.9. The number of rotatable bonds is 3. The number of carboxylic acids is 1. The SMILES string of the molecule is COC(=O)C1(C(=O)O)C(C)C1C1=CC2CCC(=C1)C2. The van der Waals surface area contributed by atoms with Crippen LogP contribution in [0, 0.1) is 23.2 Å². The van der Waals surface area contributed by atoms with E-state index < -0.39 is 17.4 Å². The fourth-order valence-corrected chi connectivity index (χ4v) is 3.94. The van der Waals surface area contributed by atoms with Gasteiger partial charge in [-0.05, 0) is 36.7 Å². The maximum atomic E-state index is 11.9. The molecule has 1 N–H and O–H groups in total. The summed E-state index contributed by atoms with van der Waals surface area (Å²) >= 11 is 0. The summed E-state index contributed by atoms with van der Waals surface area (Å²) in [5, 5.41) is 9.48. The average Bonchev–Trinajstić information content (AvgIpc) is 2.89. The van der Waals surface area contributed by atoms with Crippen molar-refractivity contribution in [2.24, 2.45) is 23.2 Å². The Labute approximate surface area is 112 Å². The lowest BCUT2D eigenvalue weighted by molar-refractivity contribution is -0.160. The van der Waals surface area contributed by atoms with Crippen LogP contribution in [0.1, 0.15) is 26.2 Å². The molecule has 0 spiro atoms. The summed E-state index contributed by atoms with van der Waals surface area (Å²) in [6.45, 7) is 1.82. The van der Waals surface area contributed by atoms with Crippen molar-refractivity contribution in [3.05, 3.63) is 23.3 Å². The molecule has 0 saturated heterocycles. The molecule has 3 rings (SSSR count). The van der Waals surface area contributed by atoms with Crippen molar-refractivity contribution in [3.8, 4) is 0 Å². The molecule has 102 valence electrons. The van der Waals surface area contributed by atoms with Crippen molar-refractivity contribution in [3.63, 3.8) is 0 Å². The minimum Gasteiger partial charge on any atom is -0.480 e. The van der Waals surface area contributed by atoms with Gasteiger partial charge >= 0.3 is 11.9 Å². The number of hydrogen-bond donors (Lipinski definition) is 1. The van der Waals surface area contributed by atoms with E-state index in [-0.39, 0.29) is 11.8 Å². The number of carbonyl (C=O) groups excluding carboxylic acids is 1. The molecule has 0 aromatic rings. The molecule has 0 aromatic carbocycles. The van der Waals surface area contributed by atoms with E-state index in [0.29, 0.717) is 5.92 Å². The number of fused-ring (bicyclic) bond motifs is 2. The molecule has 3 aliphatic carbocycles. The van der Waals surface area contributed by atoms with Gasteiger partial charge in [-0.2, -0.15) is 0 Å². The summed E-state index contributed by atoms with van der Waals surface area (Å²) in [6.07, 6.45) is 7.63. The molecule has 2 fully saturated rings. The molecule has 0 amide bonds. The number of ether oxygens (including phenoxy) is 1. The molecule has 2 bridgehead atoms. The zero-order valence-electron chi connectivity index (χ0n) is 11.2. The largest absolute Gasteiger partial charge is 0.480 e. The molecule has 0 aromatic heterocycles.